The van der Waals surface area contributed by atoms with E-state index in [-0.39, 0.29) is 0 Å². The second-order valence-corrected chi connectivity index (χ2v) is 4.73. The smallest absolute Gasteiger partial charge is 0.165 e. The van der Waals surface area contributed by atoms with Crippen LogP contribution in [0.5, 0.6) is 0 Å². The van der Waals surface area contributed by atoms with Crippen molar-refractivity contribution in [2.24, 2.45) is 7.05 Å². The second-order valence-electron chi connectivity index (χ2n) is 3.10. The van der Waals surface area contributed by atoms with Crippen LogP contribution in [-0.4, -0.2) is 19.7 Å². The van der Waals surface area contributed by atoms with Crippen molar-refractivity contribution in [3.05, 3.63) is 27.2 Å². The monoisotopic (exact) mass is 330 g/mol. The fourth-order valence-corrected chi connectivity index (χ4v) is 2.31. The molecule has 0 aliphatic rings. The second kappa shape index (κ2) is 4.02. The van der Waals surface area contributed by atoms with Gasteiger partial charge in [0, 0.05) is 18.8 Å². The molecular weight excluding hydrogens is 324 g/mol. The molecule has 0 radical (unpaired) electrons. The summed E-state index contributed by atoms with van der Waals surface area (Å²) in [4.78, 5) is 8.60. The van der Waals surface area contributed by atoms with Gasteiger partial charge in [0.25, 0.3) is 0 Å². The molecule has 0 unspecified atom stereocenters. The van der Waals surface area contributed by atoms with Crippen LogP contribution in [0, 0.1) is 6.92 Å². The third-order valence-electron chi connectivity index (χ3n) is 2.14. The molecule has 2 aromatic rings. The molecule has 0 spiro atoms. The molecule has 0 saturated heterocycles. The summed E-state index contributed by atoms with van der Waals surface area (Å²) < 4.78 is 3.30. The van der Waals surface area contributed by atoms with Crippen LogP contribution in [-0.2, 0) is 7.05 Å². The zero-order valence-electron chi connectivity index (χ0n) is 8.20. The third kappa shape index (κ3) is 2.10. The molecule has 2 aromatic heterocycles. The van der Waals surface area contributed by atoms with Gasteiger partial charge in [0.1, 0.15) is 9.21 Å². The SMILES string of the molecule is Cc1c(-c2nc(Br)cc(Br)n2)cnn1C. The zero-order chi connectivity index (χ0) is 11.0. The van der Waals surface area contributed by atoms with Crippen LogP contribution in [0.1, 0.15) is 5.69 Å². The highest BCUT2D eigenvalue weighted by atomic mass is 79.9. The number of nitrogens with zero attached hydrogens (tertiary/aromatic N) is 4. The van der Waals surface area contributed by atoms with Gasteiger partial charge in [0.15, 0.2) is 5.82 Å². The summed E-state index contributed by atoms with van der Waals surface area (Å²) in [6, 6.07) is 1.80. The molecule has 4 nitrogen and oxygen atoms in total. The quantitative estimate of drug-likeness (QED) is 0.755. The molecule has 15 heavy (non-hydrogen) atoms. The number of hydrogen-bond acceptors (Lipinski definition) is 3. The van der Waals surface area contributed by atoms with E-state index in [1.54, 1.807) is 16.9 Å². The van der Waals surface area contributed by atoms with Gasteiger partial charge in [-0.3, -0.25) is 4.68 Å². The number of aromatic nitrogens is 4. The number of aryl methyl sites for hydroxylation is 1. The third-order valence-corrected chi connectivity index (χ3v) is 2.95. The van der Waals surface area contributed by atoms with Crippen molar-refractivity contribution in [1.29, 1.82) is 0 Å². The average molecular weight is 332 g/mol. The molecule has 2 heterocycles. The van der Waals surface area contributed by atoms with E-state index in [4.69, 9.17) is 0 Å². The fourth-order valence-electron chi connectivity index (χ4n) is 1.23. The van der Waals surface area contributed by atoms with Crippen molar-refractivity contribution in [1.82, 2.24) is 19.7 Å². The Kier molecular flexibility index (Phi) is 2.88. The summed E-state index contributed by atoms with van der Waals surface area (Å²) in [5, 5.41) is 4.16. The van der Waals surface area contributed by atoms with Gasteiger partial charge in [-0.1, -0.05) is 0 Å². The molecule has 0 aromatic carbocycles. The Balaban J connectivity index is 2.58. The van der Waals surface area contributed by atoms with Crippen molar-refractivity contribution in [3.8, 4) is 11.4 Å². The molecular formula is C9H8Br2N4. The standard InChI is InChI=1S/C9H8Br2N4/c1-5-6(4-12-15(5)2)9-13-7(10)3-8(11)14-9/h3-4H,1-2H3. The van der Waals surface area contributed by atoms with Gasteiger partial charge in [-0.2, -0.15) is 5.10 Å². The lowest BCUT2D eigenvalue weighted by Crippen LogP contribution is -1.95. The van der Waals surface area contributed by atoms with E-state index < -0.39 is 0 Å². The summed E-state index contributed by atoms with van der Waals surface area (Å²) in [6.45, 7) is 1.99. The maximum Gasteiger partial charge on any atom is 0.165 e. The van der Waals surface area contributed by atoms with E-state index in [0.717, 1.165) is 20.5 Å². The Labute approximate surface area is 104 Å². The lowest BCUT2D eigenvalue weighted by atomic mass is 10.2. The molecule has 78 valence electrons. The van der Waals surface area contributed by atoms with Gasteiger partial charge in [-0.15, -0.1) is 0 Å². The van der Waals surface area contributed by atoms with E-state index in [0.29, 0.717) is 5.82 Å². The first-order chi connectivity index (χ1) is 7.08. The van der Waals surface area contributed by atoms with E-state index in [9.17, 15) is 0 Å². The van der Waals surface area contributed by atoms with E-state index >= 15 is 0 Å². The molecule has 0 atom stereocenters. The molecule has 0 bridgehead atoms. The first-order valence-electron chi connectivity index (χ1n) is 4.27. The van der Waals surface area contributed by atoms with Crippen LogP contribution < -0.4 is 0 Å². The first-order valence-corrected chi connectivity index (χ1v) is 5.85. The highest BCUT2D eigenvalue weighted by Gasteiger charge is 2.10. The van der Waals surface area contributed by atoms with Gasteiger partial charge in [-0.05, 0) is 38.8 Å². The largest absolute Gasteiger partial charge is 0.272 e. The fraction of sp³-hybridized carbons (Fsp3) is 0.222. The van der Waals surface area contributed by atoms with Crippen LogP contribution in [0.25, 0.3) is 11.4 Å². The van der Waals surface area contributed by atoms with Crippen molar-refractivity contribution in [3.63, 3.8) is 0 Å². The Morgan fingerprint density at radius 1 is 1.20 bits per heavy atom. The molecule has 0 amide bonds. The summed E-state index contributed by atoms with van der Waals surface area (Å²) in [5.74, 6) is 0.668. The van der Waals surface area contributed by atoms with Crippen LogP contribution in [0.2, 0.25) is 0 Å². The van der Waals surface area contributed by atoms with Gasteiger partial charge in [0.2, 0.25) is 0 Å². The normalized spacial score (nSPS) is 10.7. The number of halogens is 2. The Hall–Kier alpha value is -0.750. The molecule has 6 heteroatoms. The lowest BCUT2D eigenvalue weighted by molar-refractivity contribution is 0.740. The Morgan fingerprint density at radius 3 is 2.27 bits per heavy atom. The molecule has 0 aliphatic heterocycles. The van der Waals surface area contributed by atoms with Crippen LogP contribution in [0.15, 0.2) is 21.5 Å². The highest BCUT2D eigenvalue weighted by molar-refractivity contribution is 9.11. The minimum Gasteiger partial charge on any atom is -0.272 e. The Morgan fingerprint density at radius 2 is 1.80 bits per heavy atom. The van der Waals surface area contributed by atoms with Crippen LogP contribution in [0.4, 0.5) is 0 Å². The van der Waals surface area contributed by atoms with Crippen molar-refractivity contribution in [2.75, 3.05) is 0 Å². The summed E-state index contributed by atoms with van der Waals surface area (Å²) in [7, 11) is 1.89. The number of rotatable bonds is 1. The van der Waals surface area contributed by atoms with Crippen molar-refractivity contribution in [2.45, 2.75) is 6.92 Å². The van der Waals surface area contributed by atoms with E-state index in [1.165, 1.54) is 0 Å². The van der Waals surface area contributed by atoms with E-state index in [2.05, 4.69) is 46.9 Å². The summed E-state index contributed by atoms with van der Waals surface area (Å²) in [6.07, 6.45) is 1.77. The topological polar surface area (TPSA) is 43.6 Å². The minimum atomic E-state index is 0.668. The Bertz CT molecular complexity index is 487. The first kappa shape index (κ1) is 10.8. The minimum absolute atomic E-state index is 0.668. The van der Waals surface area contributed by atoms with Gasteiger partial charge in [-0.25, -0.2) is 9.97 Å². The average Bonchev–Trinajstić information content (AvgIpc) is 2.46. The van der Waals surface area contributed by atoms with Crippen molar-refractivity contribution >= 4 is 31.9 Å². The maximum absolute atomic E-state index is 4.30. The molecule has 0 N–H and O–H groups in total. The van der Waals surface area contributed by atoms with Gasteiger partial charge < -0.3 is 0 Å². The van der Waals surface area contributed by atoms with Gasteiger partial charge >= 0.3 is 0 Å². The molecule has 2 rings (SSSR count). The molecule has 0 aliphatic carbocycles. The van der Waals surface area contributed by atoms with Crippen molar-refractivity contribution < 1.29 is 0 Å². The number of hydrogen-bond donors (Lipinski definition) is 0. The van der Waals surface area contributed by atoms with Gasteiger partial charge in [0.05, 0.1) is 11.8 Å². The predicted molar refractivity (Wildman–Crippen MR) is 64.4 cm³/mol. The maximum atomic E-state index is 4.30. The van der Waals surface area contributed by atoms with Crippen LogP contribution in [0.3, 0.4) is 0 Å². The lowest BCUT2D eigenvalue weighted by Gasteiger charge is -2.00. The molecule has 0 fully saturated rings. The highest BCUT2D eigenvalue weighted by Crippen LogP contribution is 2.22. The zero-order valence-corrected chi connectivity index (χ0v) is 11.4. The predicted octanol–water partition coefficient (Wildman–Crippen LogP) is 2.71. The van der Waals surface area contributed by atoms with Crippen LogP contribution >= 0.6 is 31.9 Å². The van der Waals surface area contributed by atoms with E-state index in [1.807, 2.05) is 14.0 Å². The summed E-state index contributed by atoms with van der Waals surface area (Å²) in [5.41, 5.74) is 1.99. The summed E-state index contributed by atoms with van der Waals surface area (Å²) >= 11 is 6.67. The molecule has 0 saturated carbocycles.